The molecule has 1 amide bonds. The summed E-state index contributed by atoms with van der Waals surface area (Å²) >= 11 is 0. The highest BCUT2D eigenvalue weighted by atomic mass is 16.5. The number of hydrogen-bond acceptors (Lipinski definition) is 3. The lowest BCUT2D eigenvalue weighted by Gasteiger charge is -2.38. The third-order valence-corrected chi connectivity index (χ3v) is 4.65. The SMILES string of the molecule is CC1OCCC1C(=O)N1CCCC2CNCC21. The van der Waals surface area contributed by atoms with Crippen LogP contribution in [-0.2, 0) is 9.53 Å². The van der Waals surface area contributed by atoms with Crippen LogP contribution >= 0.6 is 0 Å². The molecule has 17 heavy (non-hydrogen) atoms. The molecule has 0 aromatic carbocycles. The summed E-state index contributed by atoms with van der Waals surface area (Å²) in [6, 6.07) is 0.448. The molecule has 0 saturated carbocycles. The van der Waals surface area contributed by atoms with Crippen molar-refractivity contribution in [3.63, 3.8) is 0 Å². The predicted molar refractivity (Wildman–Crippen MR) is 64.6 cm³/mol. The first-order valence-electron chi connectivity index (χ1n) is 6.90. The Balaban J connectivity index is 1.72. The van der Waals surface area contributed by atoms with Gasteiger partial charge in [0.15, 0.2) is 0 Å². The molecule has 3 saturated heterocycles. The third-order valence-electron chi connectivity index (χ3n) is 4.65. The van der Waals surface area contributed by atoms with Crippen molar-refractivity contribution in [1.82, 2.24) is 10.2 Å². The molecule has 4 nitrogen and oxygen atoms in total. The quantitative estimate of drug-likeness (QED) is 0.728. The maximum Gasteiger partial charge on any atom is 0.228 e. The smallest absolute Gasteiger partial charge is 0.228 e. The molecule has 3 rings (SSSR count). The van der Waals surface area contributed by atoms with E-state index in [1.807, 2.05) is 6.92 Å². The van der Waals surface area contributed by atoms with E-state index in [1.54, 1.807) is 0 Å². The Morgan fingerprint density at radius 1 is 1.35 bits per heavy atom. The van der Waals surface area contributed by atoms with Crippen LogP contribution < -0.4 is 5.32 Å². The van der Waals surface area contributed by atoms with Crippen molar-refractivity contribution < 1.29 is 9.53 Å². The zero-order valence-corrected chi connectivity index (χ0v) is 10.5. The molecule has 3 heterocycles. The van der Waals surface area contributed by atoms with E-state index in [0.29, 0.717) is 17.9 Å². The summed E-state index contributed by atoms with van der Waals surface area (Å²) in [6.07, 6.45) is 3.45. The van der Waals surface area contributed by atoms with Gasteiger partial charge in [-0.05, 0) is 32.1 Å². The Morgan fingerprint density at radius 2 is 2.24 bits per heavy atom. The zero-order chi connectivity index (χ0) is 11.8. The number of ether oxygens (including phenoxy) is 1. The van der Waals surface area contributed by atoms with Gasteiger partial charge in [0.2, 0.25) is 5.91 Å². The molecule has 4 atom stereocenters. The van der Waals surface area contributed by atoms with Crippen molar-refractivity contribution in [3.05, 3.63) is 0 Å². The van der Waals surface area contributed by atoms with Crippen LogP contribution in [-0.4, -0.2) is 49.2 Å². The van der Waals surface area contributed by atoms with Crippen LogP contribution in [0.1, 0.15) is 26.2 Å². The minimum Gasteiger partial charge on any atom is -0.378 e. The van der Waals surface area contributed by atoms with Crippen molar-refractivity contribution >= 4 is 5.91 Å². The van der Waals surface area contributed by atoms with Gasteiger partial charge >= 0.3 is 0 Å². The fourth-order valence-electron chi connectivity index (χ4n) is 3.61. The van der Waals surface area contributed by atoms with Crippen molar-refractivity contribution in [1.29, 1.82) is 0 Å². The van der Waals surface area contributed by atoms with Gasteiger partial charge in [0.1, 0.15) is 0 Å². The van der Waals surface area contributed by atoms with Gasteiger partial charge in [-0.3, -0.25) is 4.79 Å². The van der Waals surface area contributed by atoms with Crippen molar-refractivity contribution in [2.24, 2.45) is 11.8 Å². The lowest BCUT2D eigenvalue weighted by molar-refractivity contribution is -0.141. The highest BCUT2D eigenvalue weighted by Crippen LogP contribution is 2.30. The van der Waals surface area contributed by atoms with Crippen LogP contribution in [0.3, 0.4) is 0 Å². The molecule has 3 fully saturated rings. The van der Waals surface area contributed by atoms with E-state index in [-0.39, 0.29) is 12.0 Å². The van der Waals surface area contributed by atoms with Crippen LogP contribution in [0.15, 0.2) is 0 Å². The summed E-state index contributed by atoms with van der Waals surface area (Å²) in [5.41, 5.74) is 0. The van der Waals surface area contributed by atoms with Gasteiger partial charge in [0.25, 0.3) is 0 Å². The maximum absolute atomic E-state index is 12.6. The topological polar surface area (TPSA) is 41.6 Å². The average Bonchev–Trinajstić information content (AvgIpc) is 2.95. The first-order valence-corrected chi connectivity index (χ1v) is 6.90. The lowest BCUT2D eigenvalue weighted by Crippen LogP contribution is -2.51. The van der Waals surface area contributed by atoms with E-state index in [4.69, 9.17) is 4.74 Å². The molecule has 3 aliphatic heterocycles. The van der Waals surface area contributed by atoms with Gasteiger partial charge < -0.3 is 15.0 Å². The standard InChI is InChI=1S/C13H22N2O2/c1-9-11(4-6-17-9)13(16)15-5-2-3-10-7-14-8-12(10)15/h9-12,14H,2-8H2,1H3. The predicted octanol–water partition coefficient (Wildman–Crippen LogP) is 0.622. The molecule has 0 spiro atoms. The van der Waals surface area contributed by atoms with Gasteiger partial charge in [-0.25, -0.2) is 0 Å². The molecule has 4 unspecified atom stereocenters. The largest absolute Gasteiger partial charge is 0.378 e. The zero-order valence-electron chi connectivity index (χ0n) is 10.5. The highest BCUT2D eigenvalue weighted by molar-refractivity contribution is 5.80. The van der Waals surface area contributed by atoms with E-state index < -0.39 is 0 Å². The van der Waals surface area contributed by atoms with Crippen LogP contribution in [0.2, 0.25) is 0 Å². The summed E-state index contributed by atoms with van der Waals surface area (Å²) in [6.45, 7) is 5.80. The van der Waals surface area contributed by atoms with Crippen molar-refractivity contribution in [2.75, 3.05) is 26.2 Å². The molecule has 4 heteroatoms. The summed E-state index contributed by atoms with van der Waals surface area (Å²) in [5, 5.41) is 3.43. The number of amides is 1. The van der Waals surface area contributed by atoms with E-state index in [2.05, 4.69) is 10.2 Å². The summed E-state index contributed by atoms with van der Waals surface area (Å²) in [4.78, 5) is 14.7. The summed E-state index contributed by atoms with van der Waals surface area (Å²) in [7, 11) is 0. The lowest BCUT2D eigenvalue weighted by atomic mass is 9.90. The molecule has 0 radical (unpaired) electrons. The number of piperidine rings is 1. The Bertz CT molecular complexity index is 308. The fraction of sp³-hybridized carbons (Fsp3) is 0.923. The molecular formula is C13H22N2O2. The minimum atomic E-state index is 0.106. The van der Waals surface area contributed by atoms with Gasteiger partial charge in [-0.1, -0.05) is 0 Å². The Morgan fingerprint density at radius 3 is 3.00 bits per heavy atom. The number of carbonyl (C=O) groups is 1. The number of carbonyl (C=O) groups excluding carboxylic acids is 1. The van der Waals surface area contributed by atoms with Crippen molar-refractivity contribution in [3.8, 4) is 0 Å². The van der Waals surface area contributed by atoms with E-state index in [1.165, 1.54) is 6.42 Å². The van der Waals surface area contributed by atoms with Crippen molar-refractivity contribution in [2.45, 2.75) is 38.3 Å². The van der Waals surface area contributed by atoms with Crippen LogP contribution in [0.5, 0.6) is 0 Å². The first kappa shape index (κ1) is 11.5. The number of hydrogen-bond donors (Lipinski definition) is 1. The second-order valence-corrected chi connectivity index (χ2v) is 5.63. The first-order chi connectivity index (χ1) is 8.27. The summed E-state index contributed by atoms with van der Waals surface area (Å²) in [5.74, 6) is 1.13. The second kappa shape index (κ2) is 4.58. The molecule has 0 aromatic rings. The van der Waals surface area contributed by atoms with Crippen LogP contribution in [0, 0.1) is 11.8 Å². The number of nitrogens with zero attached hydrogens (tertiary/aromatic N) is 1. The molecular weight excluding hydrogens is 216 g/mol. The molecule has 3 aliphatic rings. The van der Waals surface area contributed by atoms with Gasteiger partial charge in [0.05, 0.1) is 12.0 Å². The Kier molecular flexibility index (Phi) is 3.09. The fourth-order valence-corrected chi connectivity index (χ4v) is 3.61. The normalized spacial score (nSPS) is 41.6. The van der Waals surface area contributed by atoms with E-state index in [0.717, 1.165) is 39.1 Å². The summed E-state index contributed by atoms with van der Waals surface area (Å²) < 4.78 is 5.53. The monoisotopic (exact) mass is 238 g/mol. The van der Waals surface area contributed by atoms with E-state index >= 15 is 0 Å². The molecule has 0 aliphatic carbocycles. The average molecular weight is 238 g/mol. The second-order valence-electron chi connectivity index (χ2n) is 5.63. The van der Waals surface area contributed by atoms with Gasteiger partial charge in [-0.15, -0.1) is 0 Å². The molecule has 1 N–H and O–H groups in total. The third kappa shape index (κ3) is 1.97. The van der Waals surface area contributed by atoms with Crippen LogP contribution in [0.4, 0.5) is 0 Å². The maximum atomic E-state index is 12.6. The Hall–Kier alpha value is -0.610. The number of rotatable bonds is 1. The molecule has 0 bridgehead atoms. The molecule has 96 valence electrons. The van der Waals surface area contributed by atoms with Gasteiger partial charge in [0, 0.05) is 32.3 Å². The number of nitrogens with one attached hydrogen (secondary N) is 1. The number of fused-ring (bicyclic) bond motifs is 1. The highest BCUT2D eigenvalue weighted by Gasteiger charge is 2.41. The Labute approximate surface area is 103 Å². The van der Waals surface area contributed by atoms with Crippen LogP contribution in [0.25, 0.3) is 0 Å². The number of likely N-dealkylation sites (tertiary alicyclic amines) is 1. The minimum absolute atomic E-state index is 0.106. The molecule has 0 aromatic heterocycles. The van der Waals surface area contributed by atoms with Gasteiger partial charge in [-0.2, -0.15) is 0 Å². The van der Waals surface area contributed by atoms with E-state index in [9.17, 15) is 4.79 Å².